The molecular formula is C37H48N7O9S2+. The van der Waals surface area contributed by atoms with Gasteiger partial charge in [-0.1, -0.05) is 17.3 Å². The minimum atomic E-state index is -0.975. The number of amides is 3. The van der Waals surface area contributed by atoms with Crippen molar-refractivity contribution in [3.63, 3.8) is 0 Å². The number of carbonyl (C=O) groups is 4. The summed E-state index contributed by atoms with van der Waals surface area (Å²) in [7, 11) is 1.58. The van der Waals surface area contributed by atoms with Crippen molar-refractivity contribution in [3.05, 3.63) is 46.9 Å². The summed E-state index contributed by atoms with van der Waals surface area (Å²) < 4.78 is 21.4. The summed E-state index contributed by atoms with van der Waals surface area (Å²) in [5.41, 5.74) is 0.831. The van der Waals surface area contributed by atoms with Crippen LogP contribution in [0.3, 0.4) is 0 Å². The monoisotopic (exact) mass is 798 g/mol. The number of β-lactam (4-membered cyclic amide) rings is 1. The number of oxime groups is 1. The summed E-state index contributed by atoms with van der Waals surface area (Å²) in [5.74, 6) is -0.371. The first kappa shape index (κ1) is 39.0. The van der Waals surface area contributed by atoms with E-state index in [1.807, 2.05) is 12.1 Å². The number of quaternary nitrogens is 1. The van der Waals surface area contributed by atoms with Gasteiger partial charge in [0.1, 0.15) is 48.2 Å². The fourth-order valence-corrected chi connectivity index (χ4v) is 9.28. The van der Waals surface area contributed by atoms with Crippen molar-refractivity contribution in [3.8, 4) is 5.75 Å². The lowest BCUT2D eigenvalue weighted by atomic mass is 9.71. The van der Waals surface area contributed by atoms with Gasteiger partial charge in [-0.2, -0.15) is 9.36 Å². The number of aliphatic hydroxyl groups is 1. The fraction of sp³-hybridized carbons (Fsp3) is 0.595. The molecule has 0 unspecified atom stereocenters. The summed E-state index contributed by atoms with van der Waals surface area (Å²) in [6.45, 7) is 8.98. The van der Waals surface area contributed by atoms with E-state index in [1.54, 1.807) is 40.0 Å². The molecule has 4 saturated heterocycles. The van der Waals surface area contributed by atoms with E-state index in [-0.39, 0.29) is 41.0 Å². The summed E-state index contributed by atoms with van der Waals surface area (Å²) >= 11 is 2.32. The highest BCUT2D eigenvalue weighted by Gasteiger charge is 2.56. The Morgan fingerprint density at radius 3 is 2.45 bits per heavy atom. The van der Waals surface area contributed by atoms with Crippen molar-refractivity contribution in [1.29, 1.82) is 0 Å². The van der Waals surface area contributed by atoms with Gasteiger partial charge in [0.2, 0.25) is 16.7 Å². The van der Waals surface area contributed by atoms with Gasteiger partial charge in [0.25, 0.3) is 11.8 Å². The molecule has 18 heteroatoms. The van der Waals surface area contributed by atoms with Gasteiger partial charge in [-0.15, -0.1) is 11.8 Å². The number of rotatable bonds is 14. The Kier molecular flexibility index (Phi) is 11.1. The normalized spacial score (nSPS) is 26.2. The summed E-state index contributed by atoms with van der Waals surface area (Å²) in [6, 6.07) is 6.23. The summed E-state index contributed by atoms with van der Waals surface area (Å²) in [4.78, 5) is 65.5. The predicted molar refractivity (Wildman–Crippen MR) is 203 cm³/mol. The van der Waals surface area contributed by atoms with Gasteiger partial charge in [0.15, 0.2) is 0 Å². The lowest BCUT2D eigenvalue weighted by Gasteiger charge is -2.55. The maximum absolute atomic E-state index is 14.0. The Morgan fingerprint density at radius 2 is 1.82 bits per heavy atom. The number of hydrogen-bond acceptors (Lipinski definition) is 14. The highest BCUT2D eigenvalue weighted by atomic mass is 32.2. The minimum absolute atomic E-state index is 0.00469. The highest BCUT2D eigenvalue weighted by Crippen LogP contribution is 2.46. The van der Waals surface area contributed by atoms with Crippen molar-refractivity contribution in [2.45, 2.75) is 76.5 Å². The standard InChI is InChI=1S/C37H47N7O9S2/c1-36(2,3)53-35(49)40-34-39-29(42-55-34)26(41-52-19-23-5-6-23)30(46)38-27-31(47)43-28(33(48)51-18-22-7-9-25(50-4)10-8-22)24(20-54-32(27)43)17-44-14-11-37(21-45,12-15-44)13-16-44/h7-10,23,27,32,45H,5-6,11-21H2,1-4H3,(H-,38,39,40,42,46,49)/p+1/b41-26-/t27-,32+,37?,44?/m1/s1. The lowest BCUT2D eigenvalue weighted by molar-refractivity contribution is -0.941. The van der Waals surface area contributed by atoms with Crippen molar-refractivity contribution in [2.24, 2.45) is 16.5 Å². The van der Waals surface area contributed by atoms with Crippen molar-refractivity contribution < 1.29 is 47.8 Å². The average molecular weight is 799 g/mol. The topological polar surface area (TPSA) is 191 Å². The molecule has 1 saturated carbocycles. The number of hydrogen-bond donors (Lipinski definition) is 3. The molecule has 6 aliphatic rings. The van der Waals surface area contributed by atoms with Crippen LogP contribution in [0.2, 0.25) is 0 Å². The number of aliphatic hydroxyl groups excluding tert-OH is 1. The number of esters is 1. The molecule has 1 aliphatic carbocycles. The van der Waals surface area contributed by atoms with Crippen molar-refractivity contribution >= 4 is 58.0 Å². The Labute approximate surface area is 327 Å². The Morgan fingerprint density at radius 1 is 1.11 bits per heavy atom. The number of ether oxygens (including phenoxy) is 3. The van der Waals surface area contributed by atoms with Gasteiger partial charge in [0.05, 0.1) is 26.7 Å². The van der Waals surface area contributed by atoms with Crippen LogP contribution in [-0.2, 0) is 35.3 Å². The zero-order chi connectivity index (χ0) is 39.0. The van der Waals surface area contributed by atoms with Crippen LogP contribution in [-0.4, -0.2) is 123 Å². The first-order valence-electron chi connectivity index (χ1n) is 18.6. The number of thioether (sulfide) groups is 1. The van der Waals surface area contributed by atoms with Crippen LogP contribution in [0.25, 0.3) is 0 Å². The second-order valence-corrected chi connectivity index (χ2v) is 17.9. The van der Waals surface area contributed by atoms with E-state index in [4.69, 9.17) is 19.0 Å². The second-order valence-electron chi connectivity index (χ2n) is 16.0. The Hall–Kier alpha value is -4.26. The third kappa shape index (κ3) is 8.76. The molecule has 5 aliphatic heterocycles. The smallest absolute Gasteiger partial charge is 0.414 e. The molecule has 16 nitrogen and oxygen atoms in total. The van der Waals surface area contributed by atoms with E-state index in [0.29, 0.717) is 30.6 Å². The number of aromatic nitrogens is 2. The van der Waals surface area contributed by atoms with Gasteiger partial charge >= 0.3 is 12.1 Å². The summed E-state index contributed by atoms with van der Waals surface area (Å²) in [6.07, 6.45) is 4.03. The molecule has 296 valence electrons. The molecular weight excluding hydrogens is 751 g/mol. The molecule has 55 heavy (non-hydrogen) atoms. The molecule has 1 aromatic heterocycles. The van der Waals surface area contributed by atoms with Gasteiger partial charge in [0, 0.05) is 54.1 Å². The number of benzene rings is 1. The quantitative estimate of drug-likeness (QED) is 0.0832. The van der Waals surface area contributed by atoms with Gasteiger partial charge in [-0.3, -0.25) is 19.8 Å². The van der Waals surface area contributed by atoms with Crippen LogP contribution in [0.4, 0.5) is 9.93 Å². The van der Waals surface area contributed by atoms with E-state index < -0.39 is 40.9 Å². The first-order valence-corrected chi connectivity index (χ1v) is 20.4. The number of fused-ring (bicyclic) bond motifs is 4. The molecule has 2 bridgehead atoms. The largest absolute Gasteiger partial charge is 0.497 e. The van der Waals surface area contributed by atoms with Crippen LogP contribution >= 0.6 is 23.3 Å². The number of nitrogens with one attached hydrogen (secondary N) is 2. The van der Waals surface area contributed by atoms with Gasteiger partial charge in [-0.05, 0) is 57.2 Å². The number of piperidine rings is 3. The maximum Gasteiger partial charge on any atom is 0.414 e. The maximum atomic E-state index is 14.0. The number of anilines is 1. The molecule has 1 aromatic carbocycles. The third-order valence-electron chi connectivity index (χ3n) is 10.9. The van der Waals surface area contributed by atoms with Gasteiger partial charge in [-0.25, -0.2) is 9.59 Å². The molecule has 2 aromatic rings. The Bertz CT molecular complexity index is 1850. The zero-order valence-electron chi connectivity index (χ0n) is 31.5. The van der Waals surface area contributed by atoms with E-state index in [0.717, 1.165) is 78.9 Å². The molecule has 2 atom stereocenters. The molecule has 8 rings (SSSR count). The van der Waals surface area contributed by atoms with Crippen LogP contribution in [0, 0.1) is 11.3 Å². The highest BCUT2D eigenvalue weighted by molar-refractivity contribution is 8.00. The van der Waals surface area contributed by atoms with Crippen molar-refractivity contribution in [1.82, 2.24) is 19.6 Å². The number of methoxy groups -OCH3 is 1. The lowest BCUT2D eigenvalue weighted by Crippen LogP contribution is -2.71. The molecule has 0 spiro atoms. The van der Waals surface area contributed by atoms with E-state index in [1.165, 1.54) is 16.7 Å². The SMILES string of the molecule is COc1ccc(COC(=O)C2=C(C[N+]34CCC(CO)(CC3)CC4)CS[C@H]3[C@H](NC(=O)/C(=N\OCC4CC4)c4nsc(NC(=O)OC(C)(C)C)n4)C(=O)N23)cc1. The fourth-order valence-electron chi connectivity index (χ4n) is 7.39. The first-order chi connectivity index (χ1) is 26.3. The molecule has 3 N–H and O–H groups in total. The van der Waals surface area contributed by atoms with Crippen LogP contribution in [0.15, 0.2) is 40.7 Å². The average Bonchev–Trinajstić information content (AvgIpc) is 3.89. The van der Waals surface area contributed by atoms with Crippen LogP contribution < -0.4 is 15.4 Å². The molecule has 6 heterocycles. The van der Waals surface area contributed by atoms with Crippen LogP contribution in [0.5, 0.6) is 5.75 Å². The van der Waals surface area contributed by atoms with Crippen molar-refractivity contribution in [2.75, 3.05) is 57.6 Å². The van der Waals surface area contributed by atoms with Gasteiger partial charge < -0.3 is 34.0 Å². The van der Waals surface area contributed by atoms with Crippen LogP contribution in [0.1, 0.15) is 64.3 Å². The van der Waals surface area contributed by atoms with E-state index >= 15 is 0 Å². The third-order valence-corrected chi connectivity index (χ3v) is 12.9. The van der Waals surface area contributed by atoms with E-state index in [9.17, 15) is 24.3 Å². The van der Waals surface area contributed by atoms with E-state index in [2.05, 4.69) is 25.1 Å². The molecule has 5 fully saturated rings. The minimum Gasteiger partial charge on any atom is -0.497 e. The predicted octanol–water partition coefficient (Wildman–Crippen LogP) is 3.41. The second kappa shape index (κ2) is 15.7. The zero-order valence-corrected chi connectivity index (χ0v) is 33.1. The summed E-state index contributed by atoms with van der Waals surface area (Å²) in [5, 5.41) is 19.0. The number of nitrogens with zero attached hydrogens (tertiary/aromatic N) is 5. The molecule has 0 radical (unpaired) electrons. The number of carbonyl (C=O) groups excluding carboxylic acids is 4. The Balaban J connectivity index is 1.09. The molecule has 3 amide bonds.